The summed E-state index contributed by atoms with van der Waals surface area (Å²) in [6.07, 6.45) is 1.86. The van der Waals surface area contributed by atoms with Gasteiger partial charge in [-0.05, 0) is 74.9 Å². The number of carboxylic acids is 1. The molecule has 3 N–H and O–H groups in total. The van der Waals surface area contributed by atoms with Crippen LogP contribution in [0.3, 0.4) is 0 Å². The summed E-state index contributed by atoms with van der Waals surface area (Å²) in [5, 5.41) is 29.5. The van der Waals surface area contributed by atoms with Crippen molar-refractivity contribution in [2.75, 3.05) is 6.61 Å². The second-order valence-corrected chi connectivity index (χ2v) is 10.3. The summed E-state index contributed by atoms with van der Waals surface area (Å²) < 4.78 is 13.3. The van der Waals surface area contributed by atoms with E-state index in [4.69, 9.17) is 14.6 Å². The minimum absolute atomic E-state index is 0.306. The molecule has 0 amide bonds. The number of hydrogen-bond donors (Lipinski definition) is 3. The number of aromatic nitrogens is 1. The van der Waals surface area contributed by atoms with Gasteiger partial charge in [0.25, 0.3) is 0 Å². The number of hydrogen-bond acceptors (Lipinski definition) is 7. The van der Waals surface area contributed by atoms with Crippen molar-refractivity contribution in [3.05, 3.63) is 66.6 Å². The lowest BCUT2D eigenvalue weighted by Crippen LogP contribution is -2.42. The number of carboxylic acid groups (broad SMARTS) is 1. The average Bonchev–Trinajstić information content (AvgIpc) is 3.08. The highest BCUT2D eigenvalue weighted by molar-refractivity contribution is 7.09. The largest absolute Gasteiger partial charge is 0.507 e. The number of rotatable bonds is 7. The molecule has 0 radical (unpaired) electrons. The number of aromatic hydroxyl groups is 2. The van der Waals surface area contributed by atoms with Crippen LogP contribution in [0.1, 0.15) is 46.0 Å². The molecule has 0 saturated carbocycles. The minimum atomic E-state index is -1.19. The van der Waals surface area contributed by atoms with Crippen molar-refractivity contribution < 1.29 is 29.6 Å². The first-order valence-corrected chi connectivity index (χ1v) is 12.2. The second kappa shape index (κ2) is 9.30. The van der Waals surface area contributed by atoms with Crippen molar-refractivity contribution >= 4 is 17.3 Å². The summed E-state index contributed by atoms with van der Waals surface area (Å²) >= 11 is 0.839. The Morgan fingerprint density at radius 3 is 2.49 bits per heavy atom. The third kappa shape index (κ3) is 4.86. The number of ether oxygens (including phenoxy) is 2. The van der Waals surface area contributed by atoms with E-state index >= 15 is 0 Å². The van der Waals surface area contributed by atoms with Gasteiger partial charge in [0.15, 0.2) is 0 Å². The van der Waals surface area contributed by atoms with Crippen molar-refractivity contribution in [2.24, 2.45) is 0 Å². The van der Waals surface area contributed by atoms with Gasteiger partial charge in [0, 0.05) is 12.0 Å². The Morgan fingerprint density at radius 2 is 1.83 bits per heavy atom. The van der Waals surface area contributed by atoms with Crippen molar-refractivity contribution in [2.45, 2.75) is 59.1 Å². The molecule has 0 aliphatic carbocycles. The number of fused-ring (bicyclic) bond motifs is 1. The lowest BCUT2D eigenvalue weighted by Gasteiger charge is -2.37. The zero-order valence-corrected chi connectivity index (χ0v) is 21.0. The van der Waals surface area contributed by atoms with Crippen LogP contribution in [0.15, 0.2) is 29.1 Å². The van der Waals surface area contributed by atoms with Crippen molar-refractivity contribution in [3.8, 4) is 23.1 Å². The third-order valence-electron chi connectivity index (χ3n) is 6.65. The summed E-state index contributed by atoms with van der Waals surface area (Å²) in [4.78, 5) is 22.8. The molecule has 1 aliphatic heterocycles. The molecule has 1 unspecified atom stereocenters. The van der Waals surface area contributed by atoms with Crippen LogP contribution in [0.4, 0.5) is 0 Å². The van der Waals surface area contributed by atoms with Gasteiger partial charge in [-0.2, -0.15) is 0 Å². The number of phenolic OH excluding ortho intramolecular Hbond substituents is 1. The predicted octanol–water partition coefficient (Wildman–Crippen LogP) is 4.08. The van der Waals surface area contributed by atoms with Crippen LogP contribution in [0, 0.1) is 20.8 Å². The molecule has 1 aromatic heterocycles. The first-order valence-electron chi connectivity index (χ1n) is 11.3. The fraction of sp³-hybridized carbons (Fsp3) is 0.385. The predicted molar refractivity (Wildman–Crippen MR) is 132 cm³/mol. The van der Waals surface area contributed by atoms with E-state index in [2.05, 4.69) is 0 Å². The van der Waals surface area contributed by atoms with Crippen LogP contribution in [-0.2, 0) is 24.2 Å². The lowest BCUT2D eigenvalue weighted by atomic mass is 9.87. The number of phenols is 1. The molecule has 8 nitrogen and oxygen atoms in total. The fourth-order valence-corrected chi connectivity index (χ4v) is 5.27. The minimum Gasteiger partial charge on any atom is -0.507 e. The molecule has 186 valence electrons. The number of aliphatic carboxylic acids is 1. The van der Waals surface area contributed by atoms with Crippen LogP contribution in [0.5, 0.6) is 23.1 Å². The molecule has 35 heavy (non-hydrogen) atoms. The third-order valence-corrected chi connectivity index (χ3v) is 7.62. The molecule has 0 bridgehead atoms. The van der Waals surface area contributed by atoms with E-state index in [1.807, 2.05) is 52.0 Å². The van der Waals surface area contributed by atoms with Crippen molar-refractivity contribution in [3.63, 3.8) is 0 Å². The van der Waals surface area contributed by atoms with Gasteiger partial charge in [-0.1, -0.05) is 23.5 Å². The summed E-state index contributed by atoms with van der Waals surface area (Å²) in [6.45, 7) is 7.58. The van der Waals surface area contributed by atoms with Crippen LogP contribution < -0.4 is 14.3 Å². The van der Waals surface area contributed by atoms with E-state index in [9.17, 15) is 19.8 Å². The summed E-state index contributed by atoms with van der Waals surface area (Å²) in [7, 11) is 0. The quantitative estimate of drug-likeness (QED) is 0.448. The maximum absolute atomic E-state index is 12.0. The van der Waals surface area contributed by atoms with Crippen LogP contribution in [-0.4, -0.2) is 38.1 Å². The van der Waals surface area contributed by atoms with Gasteiger partial charge in [0.2, 0.25) is 5.88 Å². The molecule has 9 heteroatoms. The smallest absolute Gasteiger partial charge is 0.323 e. The van der Waals surface area contributed by atoms with Crippen molar-refractivity contribution in [1.29, 1.82) is 0 Å². The highest BCUT2D eigenvalue weighted by Gasteiger charge is 2.35. The van der Waals surface area contributed by atoms with E-state index in [1.54, 1.807) is 0 Å². The van der Waals surface area contributed by atoms with Gasteiger partial charge >= 0.3 is 10.8 Å². The maximum atomic E-state index is 12.0. The Labute approximate surface area is 207 Å². The van der Waals surface area contributed by atoms with E-state index in [-0.39, 0.29) is 5.88 Å². The topological polar surface area (TPSA) is 118 Å². The molecule has 1 atom stereocenters. The van der Waals surface area contributed by atoms with Crippen LogP contribution >= 0.6 is 11.3 Å². The molecule has 2 aromatic carbocycles. The maximum Gasteiger partial charge on any atom is 0.323 e. The molecule has 1 aliphatic rings. The Bertz CT molecular complexity index is 1340. The first kappa shape index (κ1) is 24.7. The van der Waals surface area contributed by atoms with E-state index in [0.29, 0.717) is 29.4 Å². The zero-order valence-electron chi connectivity index (χ0n) is 20.2. The van der Waals surface area contributed by atoms with Crippen molar-refractivity contribution in [1.82, 2.24) is 4.57 Å². The molecule has 0 saturated heterocycles. The Balaban J connectivity index is 1.42. The zero-order chi connectivity index (χ0) is 25.5. The number of nitrogens with zero attached hydrogens (tertiary/aromatic N) is 1. The number of benzene rings is 2. The average molecular weight is 500 g/mol. The summed E-state index contributed by atoms with van der Waals surface area (Å²) in [5.74, 6) is 0.341. The van der Waals surface area contributed by atoms with Gasteiger partial charge < -0.3 is 24.8 Å². The van der Waals surface area contributed by atoms with Gasteiger partial charge in [-0.3, -0.25) is 14.2 Å². The number of thiazole rings is 1. The normalized spacial score (nSPS) is 17.0. The van der Waals surface area contributed by atoms with Gasteiger partial charge in [-0.25, -0.2) is 0 Å². The lowest BCUT2D eigenvalue weighted by molar-refractivity contribution is -0.137. The standard InChI is InChI=1S/C26H29NO7S/c1-14-15(2)23-19(16(3)22(14)30)9-10-26(4,34-23)13-33-18-7-5-17(6-8-18)11-20-24(31)27(12-21(28)29)25(32)35-20/h5-8,30-31H,9-13H2,1-4H3,(H,28,29). The van der Waals surface area contributed by atoms with Gasteiger partial charge in [0.1, 0.15) is 36.0 Å². The fourth-order valence-electron chi connectivity index (χ4n) is 4.35. The van der Waals surface area contributed by atoms with E-state index < -0.39 is 23.0 Å². The van der Waals surface area contributed by atoms with Crippen LogP contribution in [0.25, 0.3) is 0 Å². The Hall–Kier alpha value is -3.46. The highest BCUT2D eigenvalue weighted by atomic mass is 32.1. The van der Waals surface area contributed by atoms with E-state index in [0.717, 1.165) is 62.3 Å². The Morgan fingerprint density at radius 1 is 1.14 bits per heavy atom. The SMILES string of the molecule is Cc1c(C)c2c(c(C)c1O)CCC(C)(COc1ccc(Cc3sc(=O)n(CC(=O)O)c3O)cc1)O2. The Kier molecular flexibility index (Phi) is 6.55. The highest BCUT2D eigenvalue weighted by Crippen LogP contribution is 2.43. The molecule has 2 heterocycles. The summed E-state index contributed by atoms with van der Waals surface area (Å²) in [6, 6.07) is 7.33. The molecule has 4 rings (SSSR count). The first-order chi connectivity index (χ1) is 16.5. The molecule has 3 aromatic rings. The monoisotopic (exact) mass is 499 g/mol. The molecule has 0 spiro atoms. The molecular weight excluding hydrogens is 470 g/mol. The summed E-state index contributed by atoms with van der Waals surface area (Å²) in [5.41, 5.74) is 4.03. The molecular formula is C26H29NO7S. The van der Waals surface area contributed by atoms with Crippen LogP contribution in [0.2, 0.25) is 0 Å². The van der Waals surface area contributed by atoms with Gasteiger partial charge in [-0.15, -0.1) is 0 Å². The molecule has 0 fully saturated rings. The van der Waals surface area contributed by atoms with E-state index in [1.165, 1.54) is 0 Å². The van der Waals surface area contributed by atoms with Gasteiger partial charge in [0.05, 0.1) is 4.88 Å². The second-order valence-electron chi connectivity index (χ2n) is 9.29. The number of carbonyl (C=O) groups is 1.